The molecule has 0 saturated carbocycles. The highest BCUT2D eigenvalue weighted by molar-refractivity contribution is 5.88. The van der Waals surface area contributed by atoms with Crippen LogP contribution in [0.1, 0.15) is 29.2 Å². The van der Waals surface area contributed by atoms with Gasteiger partial charge in [-0.2, -0.15) is 0 Å². The third-order valence-electron chi connectivity index (χ3n) is 5.45. The summed E-state index contributed by atoms with van der Waals surface area (Å²) in [5, 5.41) is 2.90. The van der Waals surface area contributed by atoms with Crippen LogP contribution in [0.5, 0.6) is 5.75 Å². The number of carbonyl (C=O) groups excluding carboxylic acids is 2. The minimum absolute atomic E-state index is 0.139. The van der Waals surface area contributed by atoms with E-state index in [9.17, 15) is 9.59 Å². The van der Waals surface area contributed by atoms with E-state index in [1.807, 2.05) is 99.6 Å². The van der Waals surface area contributed by atoms with Gasteiger partial charge in [-0.15, -0.1) is 0 Å². The Hall–Kier alpha value is -3.60. The highest BCUT2D eigenvalue weighted by Gasteiger charge is 2.30. The van der Waals surface area contributed by atoms with E-state index in [2.05, 4.69) is 5.32 Å². The first-order valence-corrected chi connectivity index (χ1v) is 11.3. The first-order valence-electron chi connectivity index (χ1n) is 11.3. The summed E-state index contributed by atoms with van der Waals surface area (Å²) in [6.07, 6.45) is 0.425. The minimum atomic E-state index is -0.651. The van der Waals surface area contributed by atoms with Crippen LogP contribution in [0.3, 0.4) is 0 Å². The van der Waals surface area contributed by atoms with Crippen LogP contribution in [0.2, 0.25) is 0 Å². The molecule has 2 amide bonds. The van der Waals surface area contributed by atoms with Crippen molar-refractivity contribution in [1.29, 1.82) is 0 Å². The SMILES string of the molecule is CCNC(=O)[C@H](Cc1ccccc1)N(Cc1ccc(C)cc1)C(=O)COc1cccc(C)c1. The van der Waals surface area contributed by atoms with Crippen molar-refractivity contribution >= 4 is 11.8 Å². The number of nitrogens with one attached hydrogen (secondary N) is 1. The highest BCUT2D eigenvalue weighted by atomic mass is 16.5. The summed E-state index contributed by atoms with van der Waals surface area (Å²) in [4.78, 5) is 28.2. The predicted molar refractivity (Wildman–Crippen MR) is 131 cm³/mol. The van der Waals surface area contributed by atoms with Gasteiger partial charge in [-0.1, -0.05) is 72.3 Å². The van der Waals surface area contributed by atoms with Crippen molar-refractivity contribution in [2.24, 2.45) is 0 Å². The number of nitrogens with zero attached hydrogens (tertiary/aromatic N) is 1. The smallest absolute Gasteiger partial charge is 0.261 e. The molecule has 33 heavy (non-hydrogen) atoms. The summed E-state index contributed by atoms with van der Waals surface area (Å²) in [6.45, 7) is 6.56. The second-order valence-electron chi connectivity index (χ2n) is 8.21. The number of amides is 2. The molecule has 3 aromatic carbocycles. The Kier molecular flexibility index (Phi) is 8.64. The van der Waals surface area contributed by atoms with Crippen LogP contribution in [-0.2, 0) is 22.6 Å². The summed E-state index contributed by atoms with van der Waals surface area (Å²) in [7, 11) is 0. The maximum atomic E-state index is 13.4. The monoisotopic (exact) mass is 444 g/mol. The summed E-state index contributed by atoms with van der Waals surface area (Å²) in [5.74, 6) is 0.234. The van der Waals surface area contributed by atoms with Gasteiger partial charge in [-0.05, 0) is 49.6 Å². The lowest BCUT2D eigenvalue weighted by atomic mass is 10.0. The average molecular weight is 445 g/mol. The zero-order valence-electron chi connectivity index (χ0n) is 19.6. The van der Waals surface area contributed by atoms with Gasteiger partial charge in [0.2, 0.25) is 5.91 Å². The Labute approximate surface area is 196 Å². The summed E-state index contributed by atoms with van der Waals surface area (Å²) in [5.41, 5.74) is 4.16. The van der Waals surface area contributed by atoms with Gasteiger partial charge in [-0.3, -0.25) is 9.59 Å². The number of carbonyl (C=O) groups is 2. The summed E-state index contributed by atoms with van der Waals surface area (Å²) >= 11 is 0. The van der Waals surface area contributed by atoms with Crippen LogP contribution in [0.15, 0.2) is 78.9 Å². The van der Waals surface area contributed by atoms with E-state index in [0.717, 1.165) is 22.3 Å². The number of likely N-dealkylation sites (N-methyl/N-ethyl adjacent to an activating group) is 1. The van der Waals surface area contributed by atoms with Crippen molar-refractivity contribution in [3.05, 3.63) is 101 Å². The summed E-state index contributed by atoms with van der Waals surface area (Å²) in [6, 6.07) is 24.7. The Morgan fingerprint density at radius 2 is 1.61 bits per heavy atom. The van der Waals surface area contributed by atoms with E-state index in [1.54, 1.807) is 4.90 Å². The van der Waals surface area contributed by atoms with E-state index in [-0.39, 0.29) is 18.4 Å². The van der Waals surface area contributed by atoms with Gasteiger partial charge in [0.1, 0.15) is 11.8 Å². The van der Waals surface area contributed by atoms with Crippen molar-refractivity contribution in [2.75, 3.05) is 13.2 Å². The number of aryl methyl sites for hydroxylation is 2. The number of rotatable bonds is 10. The number of benzene rings is 3. The Morgan fingerprint density at radius 3 is 2.27 bits per heavy atom. The fraction of sp³-hybridized carbons (Fsp3) is 0.286. The molecule has 1 atom stereocenters. The van der Waals surface area contributed by atoms with Crippen LogP contribution in [0.25, 0.3) is 0 Å². The quantitative estimate of drug-likeness (QED) is 0.502. The van der Waals surface area contributed by atoms with E-state index in [1.165, 1.54) is 0 Å². The molecule has 0 bridgehead atoms. The third-order valence-corrected chi connectivity index (χ3v) is 5.45. The molecule has 5 nitrogen and oxygen atoms in total. The van der Waals surface area contributed by atoms with Gasteiger partial charge in [0.15, 0.2) is 6.61 Å². The number of ether oxygens (including phenoxy) is 1. The molecule has 1 N–H and O–H groups in total. The molecule has 0 fully saturated rings. The van der Waals surface area contributed by atoms with Gasteiger partial charge < -0.3 is 15.0 Å². The Morgan fingerprint density at radius 1 is 0.879 bits per heavy atom. The molecule has 0 unspecified atom stereocenters. The summed E-state index contributed by atoms with van der Waals surface area (Å²) < 4.78 is 5.80. The zero-order chi connectivity index (χ0) is 23.6. The predicted octanol–water partition coefficient (Wildman–Crippen LogP) is 4.46. The second kappa shape index (κ2) is 11.9. The fourth-order valence-electron chi connectivity index (χ4n) is 3.67. The van der Waals surface area contributed by atoms with Crippen molar-refractivity contribution in [2.45, 2.75) is 39.8 Å². The van der Waals surface area contributed by atoms with Crippen molar-refractivity contribution in [3.63, 3.8) is 0 Å². The molecular weight excluding hydrogens is 412 g/mol. The minimum Gasteiger partial charge on any atom is -0.484 e. The molecule has 0 aliphatic heterocycles. The number of hydrogen-bond acceptors (Lipinski definition) is 3. The molecule has 0 aliphatic rings. The third kappa shape index (κ3) is 7.21. The Bertz CT molecular complexity index is 1050. The van der Waals surface area contributed by atoms with Crippen LogP contribution < -0.4 is 10.1 Å². The molecule has 0 heterocycles. The maximum absolute atomic E-state index is 13.4. The van der Waals surface area contributed by atoms with Crippen LogP contribution in [-0.4, -0.2) is 35.9 Å². The zero-order valence-corrected chi connectivity index (χ0v) is 19.6. The molecule has 3 rings (SSSR count). The largest absolute Gasteiger partial charge is 0.484 e. The van der Waals surface area contributed by atoms with Crippen LogP contribution >= 0.6 is 0 Å². The molecule has 0 radical (unpaired) electrons. The van der Waals surface area contributed by atoms with Crippen molar-refractivity contribution < 1.29 is 14.3 Å². The lowest BCUT2D eigenvalue weighted by molar-refractivity contribution is -0.142. The lowest BCUT2D eigenvalue weighted by Gasteiger charge is -2.31. The van der Waals surface area contributed by atoms with Crippen molar-refractivity contribution in [1.82, 2.24) is 10.2 Å². The maximum Gasteiger partial charge on any atom is 0.261 e. The first-order chi connectivity index (χ1) is 16.0. The average Bonchev–Trinajstić information content (AvgIpc) is 2.82. The lowest BCUT2D eigenvalue weighted by Crippen LogP contribution is -2.51. The molecule has 0 spiro atoms. The molecular formula is C28H32N2O3. The normalized spacial score (nSPS) is 11.5. The molecule has 0 saturated heterocycles. The molecule has 5 heteroatoms. The first kappa shape index (κ1) is 24.1. The van der Waals surface area contributed by atoms with E-state index < -0.39 is 6.04 Å². The fourth-order valence-corrected chi connectivity index (χ4v) is 3.67. The second-order valence-corrected chi connectivity index (χ2v) is 8.21. The highest BCUT2D eigenvalue weighted by Crippen LogP contribution is 2.17. The molecule has 0 aliphatic carbocycles. The van der Waals surface area contributed by atoms with Gasteiger partial charge in [0.25, 0.3) is 5.91 Å². The van der Waals surface area contributed by atoms with Crippen LogP contribution in [0.4, 0.5) is 0 Å². The standard InChI is InChI=1S/C28H32N2O3/c1-4-29-28(32)26(18-23-10-6-5-7-11-23)30(19-24-15-13-21(2)14-16-24)27(31)20-33-25-12-8-9-22(3)17-25/h5-17,26H,4,18-20H2,1-3H3,(H,29,32)/t26-/m0/s1. The topological polar surface area (TPSA) is 58.6 Å². The number of hydrogen-bond donors (Lipinski definition) is 1. The molecule has 0 aromatic heterocycles. The van der Waals surface area contributed by atoms with Gasteiger partial charge in [0, 0.05) is 19.5 Å². The molecule has 172 valence electrons. The van der Waals surface area contributed by atoms with Crippen molar-refractivity contribution in [3.8, 4) is 5.75 Å². The van der Waals surface area contributed by atoms with E-state index in [0.29, 0.717) is 25.3 Å². The van der Waals surface area contributed by atoms with Gasteiger partial charge >= 0.3 is 0 Å². The van der Waals surface area contributed by atoms with E-state index in [4.69, 9.17) is 4.74 Å². The van der Waals surface area contributed by atoms with Crippen LogP contribution in [0, 0.1) is 13.8 Å². The van der Waals surface area contributed by atoms with Gasteiger partial charge in [0.05, 0.1) is 0 Å². The Balaban J connectivity index is 1.88. The molecule has 3 aromatic rings. The van der Waals surface area contributed by atoms with Gasteiger partial charge in [-0.25, -0.2) is 0 Å². The van der Waals surface area contributed by atoms with E-state index >= 15 is 0 Å².